The number of nitrogens with one attached hydrogen (secondary N) is 1. The molecule has 1 heterocycles. The van der Waals surface area contributed by atoms with E-state index in [1.54, 1.807) is 39.0 Å². The Morgan fingerprint density at radius 1 is 1.33 bits per heavy atom. The minimum absolute atomic E-state index is 0.0892. The number of aliphatic hydroxyl groups excluding tert-OH is 1. The smallest absolute Gasteiger partial charge is 0.466 e. The van der Waals surface area contributed by atoms with E-state index >= 15 is 0 Å². The zero-order valence-corrected chi connectivity index (χ0v) is 19.2. The van der Waals surface area contributed by atoms with Crippen LogP contribution in [-0.2, 0) is 14.3 Å². The van der Waals surface area contributed by atoms with Crippen molar-refractivity contribution in [2.45, 2.75) is 51.4 Å². The van der Waals surface area contributed by atoms with Crippen LogP contribution in [0.5, 0.6) is 5.75 Å². The van der Waals surface area contributed by atoms with Crippen LogP contribution >= 0.6 is 15.9 Å². The lowest BCUT2D eigenvalue weighted by molar-refractivity contribution is -0.144. The second-order valence-corrected chi connectivity index (χ2v) is 8.78. The number of hydrogen-bond donors (Lipinski definition) is 2. The number of ether oxygens (including phenoxy) is 3. The predicted molar refractivity (Wildman–Crippen MR) is 112 cm³/mol. The number of nitrogens with zero attached hydrogens (tertiary/aromatic N) is 1. The quantitative estimate of drug-likeness (QED) is 0.464. The normalized spacial score (nSPS) is 20.2. The average Bonchev–Trinajstić information content (AvgIpc) is 2.80. The molecule has 1 aromatic carbocycles. The van der Waals surface area contributed by atoms with Gasteiger partial charge in [0.15, 0.2) is 6.79 Å². The molecule has 0 aliphatic carbocycles. The SMILES string of the molecule is COCOc1ccc(C(=O)N[C@@H]2CN(OC(=O)OC(C)(C)C)CCC[C@H]2O)cc1Br. The van der Waals surface area contributed by atoms with Gasteiger partial charge in [-0.25, -0.2) is 4.79 Å². The Morgan fingerprint density at radius 3 is 2.70 bits per heavy atom. The highest BCUT2D eigenvalue weighted by atomic mass is 79.9. The van der Waals surface area contributed by atoms with Gasteiger partial charge in [0.05, 0.1) is 23.2 Å². The van der Waals surface area contributed by atoms with Crippen LogP contribution in [0.2, 0.25) is 0 Å². The van der Waals surface area contributed by atoms with Crippen molar-refractivity contribution in [1.29, 1.82) is 0 Å². The first-order valence-corrected chi connectivity index (χ1v) is 10.4. The van der Waals surface area contributed by atoms with Crippen molar-refractivity contribution in [2.75, 3.05) is 27.0 Å². The molecular formula is C20H29BrN2O7. The standard InChI is InChI=1S/C20H29BrN2O7/c1-20(2,3)29-19(26)30-23-9-5-6-16(24)15(11-23)22-18(25)13-7-8-17(14(21)10-13)28-12-27-4/h7-8,10,15-16,24H,5-6,9,11-12H2,1-4H3,(H,22,25)/t15-,16-/m1/s1. The Bertz CT molecular complexity index is 738. The third kappa shape index (κ3) is 7.75. The van der Waals surface area contributed by atoms with Crippen molar-refractivity contribution in [3.63, 3.8) is 0 Å². The molecule has 1 amide bonds. The van der Waals surface area contributed by atoms with Gasteiger partial charge in [-0.05, 0) is 67.7 Å². The van der Waals surface area contributed by atoms with Crippen molar-refractivity contribution in [1.82, 2.24) is 10.4 Å². The first-order chi connectivity index (χ1) is 14.1. The largest absolute Gasteiger partial charge is 0.528 e. The van der Waals surface area contributed by atoms with Gasteiger partial charge in [0.2, 0.25) is 0 Å². The maximum atomic E-state index is 12.7. The van der Waals surface area contributed by atoms with Gasteiger partial charge in [-0.1, -0.05) is 0 Å². The summed E-state index contributed by atoms with van der Waals surface area (Å²) in [5.74, 6) is 0.178. The summed E-state index contributed by atoms with van der Waals surface area (Å²) in [5, 5.41) is 14.6. The second kappa shape index (κ2) is 10.9. The Labute approximate surface area is 184 Å². The van der Waals surface area contributed by atoms with Crippen LogP contribution in [0.4, 0.5) is 4.79 Å². The zero-order chi connectivity index (χ0) is 22.3. The summed E-state index contributed by atoms with van der Waals surface area (Å²) in [5.41, 5.74) is -0.287. The number of rotatable bonds is 6. The van der Waals surface area contributed by atoms with Crippen molar-refractivity contribution in [2.24, 2.45) is 0 Å². The fourth-order valence-electron chi connectivity index (χ4n) is 2.84. The van der Waals surface area contributed by atoms with Crippen LogP contribution in [0, 0.1) is 0 Å². The van der Waals surface area contributed by atoms with E-state index in [2.05, 4.69) is 21.2 Å². The Balaban J connectivity index is 2.01. The molecule has 168 valence electrons. The van der Waals surface area contributed by atoms with Gasteiger partial charge in [0, 0.05) is 19.2 Å². The van der Waals surface area contributed by atoms with E-state index in [-0.39, 0.29) is 19.2 Å². The Kier molecular flexibility index (Phi) is 8.90. The minimum Gasteiger partial charge on any atom is -0.466 e. The molecule has 1 aromatic rings. The number of hydroxylamine groups is 2. The molecule has 1 aliphatic heterocycles. The van der Waals surface area contributed by atoms with E-state index in [1.165, 1.54) is 12.2 Å². The van der Waals surface area contributed by atoms with E-state index in [9.17, 15) is 14.7 Å². The number of hydrogen-bond acceptors (Lipinski definition) is 8. The van der Waals surface area contributed by atoms with Crippen LogP contribution < -0.4 is 10.1 Å². The van der Waals surface area contributed by atoms with E-state index in [4.69, 9.17) is 19.0 Å². The molecule has 2 rings (SSSR count). The molecule has 30 heavy (non-hydrogen) atoms. The molecule has 0 bridgehead atoms. The molecule has 2 atom stereocenters. The number of methoxy groups -OCH3 is 1. The van der Waals surface area contributed by atoms with E-state index < -0.39 is 23.9 Å². The number of amides is 1. The zero-order valence-electron chi connectivity index (χ0n) is 17.6. The molecular weight excluding hydrogens is 460 g/mol. The highest BCUT2D eigenvalue weighted by Gasteiger charge is 2.30. The molecule has 0 aromatic heterocycles. The summed E-state index contributed by atoms with van der Waals surface area (Å²) in [4.78, 5) is 29.9. The average molecular weight is 489 g/mol. The molecule has 1 aliphatic rings. The predicted octanol–water partition coefficient (Wildman–Crippen LogP) is 2.85. The lowest BCUT2D eigenvalue weighted by Gasteiger charge is -2.27. The minimum atomic E-state index is -0.820. The summed E-state index contributed by atoms with van der Waals surface area (Å²) in [6.07, 6.45) is -0.520. The topological polar surface area (TPSA) is 107 Å². The molecule has 0 radical (unpaired) electrons. The van der Waals surface area contributed by atoms with Gasteiger partial charge in [-0.2, -0.15) is 0 Å². The van der Waals surface area contributed by atoms with Crippen LogP contribution in [0.15, 0.2) is 22.7 Å². The lowest BCUT2D eigenvalue weighted by atomic mass is 10.1. The van der Waals surface area contributed by atoms with Gasteiger partial charge in [0.25, 0.3) is 5.91 Å². The molecule has 1 saturated heterocycles. The molecule has 10 heteroatoms. The third-order valence-corrected chi connectivity index (χ3v) is 4.83. The molecule has 0 spiro atoms. The van der Waals surface area contributed by atoms with E-state index in [1.807, 2.05) is 0 Å². The van der Waals surface area contributed by atoms with Gasteiger partial charge < -0.3 is 29.5 Å². The fourth-order valence-corrected chi connectivity index (χ4v) is 3.34. The van der Waals surface area contributed by atoms with Gasteiger partial charge in [-0.15, -0.1) is 5.06 Å². The highest BCUT2D eigenvalue weighted by molar-refractivity contribution is 9.10. The molecule has 2 N–H and O–H groups in total. The van der Waals surface area contributed by atoms with Crippen LogP contribution in [-0.4, -0.2) is 67.0 Å². The van der Waals surface area contributed by atoms with Crippen molar-refractivity contribution in [3.05, 3.63) is 28.2 Å². The number of halogens is 1. The third-order valence-electron chi connectivity index (χ3n) is 4.21. The number of aliphatic hydroxyl groups is 1. The van der Waals surface area contributed by atoms with Crippen molar-refractivity contribution in [3.8, 4) is 5.75 Å². The van der Waals surface area contributed by atoms with Crippen LogP contribution in [0.3, 0.4) is 0 Å². The van der Waals surface area contributed by atoms with E-state index in [0.29, 0.717) is 35.2 Å². The number of carbonyl (C=O) groups excluding carboxylic acids is 2. The van der Waals surface area contributed by atoms with Crippen LogP contribution in [0.1, 0.15) is 44.0 Å². The summed E-state index contributed by atoms with van der Waals surface area (Å²) in [7, 11) is 1.52. The number of carbonyl (C=O) groups is 2. The van der Waals surface area contributed by atoms with Crippen molar-refractivity contribution >= 4 is 28.0 Å². The van der Waals surface area contributed by atoms with Crippen LogP contribution in [0.25, 0.3) is 0 Å². The van der Waals surface area contributed by atoms with Gasteiger partial charge >= 0.3 is 6.16 Å². The molecule has 1 fully saturated rings. The number of benzene rings is 1. The Morgan fingerprint density at radius 2 is 2.07 bits per heavy atom. The lowest BCUT2D eigenvalue weighted by Crippen LogP contribution is -2.49. The first kappa shape index (κ1) is 24.4. The molecule has 9 nitrogen and oxygen atoms in total. The summed E-state index contributed by atoms with van der Waals surface area (Å²) in [6, 6.07) is 4.27. The maximum absolute atomic E-state index is 12.7. The second-order valence-electron chi connectivity index (χ2n) is 7.93. The Hall–Kier alpha value is -1.88. The fraction of sp³-hybridized carbons (Fsp3) is 0.600. The first-order valence-electron chi connectivity index (χ1n) is 9.65. The maximum Gasteiger partial charge on any atom is 0.528 e. The monoisotopic (exact) mass is 488 g/mol. The highest BCUT2D eigenvalue weighted by Crippen LogP contribution is 2.26. The summed E-state index contributed by atoms with van der Waals surface area (Å²) in [6.45, 7) is 5.89. The van der Waals surface area contributed by atoms with E-state index in [0.717, 1.165) is 0 Å². The summed E-state index contributed by atoms with van der Waals surface area (Å²) < 4.78 is 16.0. The van der Waals surface area contributed by atoms with Crippen molar-refractivity contribution < 1.29 is 33.7 Å². The van der Waals surface area contributed by atoms with Gasteiger partial charge in [0.1, 0.15) is 11.4 Å². The molecule has 0 saturated carbocycles. The summed E-state index contributed by atoms with van der Waals surface area (Å²) >= 11 is 3.37. The molecule has 0 unspecified atom stereocenters. The van der Waals surface area contributed by atoms with Gasteiger partial charge in [-0.3, -0.25) is 4.79 Å².